The number of carbonyl (C=O) groups excluding carboxylic acids is 8. The summed E-state index contributed by atoms with van der Waals surface area (Å²) in [6.07, 6.45) is 15.1. The van der Waals surface area contributed by atoms with Crippen LogP contribution >= 0.6 is 7.82 Å². The first-order valence-electron chi connectivity index (χ1n) is 41.4. The van der Waals surface area contributed by atoms with Gasteiger partial charge >= 0.3 is 43.8 Å². The summed E-state index contributed by atoms with van der Waals surface area (Å²) in [4.78, 5) is 128. The zero-order valence-electron chi connectivity index (χ0n) is 69.3. The number of rotatable bonds is 49. The topological polar surface area (TPSA) is 342 Å². The molecule has 6 N–H and O–H groups in total. The highest BCUT2D eigenvalue weighted by Crippen LogP contribution is 2.64. The van der Waals surface area contributed by atoms with Crippen LogP contribution < -0.4 is 10.6 Å². The normalized spacial score (nSPS) is 24.4. The first-order chi connectivity index (χ1) is 52.9. The number of esters is 5. The van der Waals surface area contributed by atoms with E-state index in [-0.39, 0.29) is 48.3 Å². The Balaban J connectivity index is 1.33. The molecule has 2 bridgehead atoms. The van der Waals surface area contributed by atoms with E-state index in [0.29, 0.717) is 23.9 Å². The third-order valence-electron chi connectivity index (χ3n) is 22.6. The molecule has 1 saturated heterocycles. The molecule has 2 aromatic carbocycles. The number of unbranched alkanes of at least 4 members (excludes halogenated alkanes) is 23. The van der Waals surface area contributed by atoms with Gasteiger partial charge in [-0.15, -0.1) is 0 Å². The summed E-state index contributed by atoms with van der Waals surface area (Å²) in [6, 6.07) is 12.7. The van der Waals surface area contributed by atoms with E-state index in [1.165, 1.54) is 135 Å². The summed E-state index contributed by atoms with van der Waals surface area (Å²) in [5.41, 5.74) is -9.44. The van der Waals surface area contributed by atoms with Gasteiger partial charge in [0.25, 0.3) is 0 Å². The third kappa shape index (κ3) is 27.6. The summed E-state index contributed by atoms with van der Waals surface area (Å²) in [6.45, 7) is 15.4. The van der Waals surface area contributed by atoms with Crippen molar-refractivity contribution in [2.45, 2.75) is 333 Å². The van der Waals surface area contributed by atoms with Gasteiger partial charge in [0, 0.05) is 31.6 Å². The number of aliphatic hydroxyl groups is 3. The smallest absolute Gasteiger partial charge is 0.456 e. The Hall–Kier alpha value is -6.41. The van der Waals surface area contributed by atoms with Crippen molar-refractivity contribution in [3.63, 3.8) is 0 Å². The Morgan fingerprint density at radius 1 is 0.705 bits per heavy atom. The van der Waals surface area contributed by atoms with Crippen molar-refractivity contribution in [1.82, 2.24) is 10.6 Å². The van der Waals surface area contributed by atoms with Gasteiger partial charge in [-0.3, -0.25) is 33.0 Å². The molecule has 1 unspecified atom stereocenters. The van der Waals surface area contributed by atoms with Crippen molar-refractivity contribution < 1.29 is 110 Å². The maximum absolute atomic E-state index is 15.7. The Morgan fingerprint density at radius 2 is 1.23 bits per heavy atom. The van der Waals surface area contributed by atoms with Gasteiger partial charge in [-0.2, -0.15) is 0 Å². The van der Waals surface area contributed by atoms with Crippen LogP contribution in [0.1, 0.15) is 284 Å². The number of likely N-dealkylation sites (N-methyl/N-ethyl adjacent to an activating group) is 1. The van der Waals surface area contributed by atoms with E-state index >= 15 is 9.59 Å². The highest BCUT2D eigenvalue weighted by atomic mass is 31.2. The zero-order chi connectivity index (χ0) is 82.5. The van der Waals surface area contributed by atoms with E-state index in [4.69, 9.17) is 42.2 Å². The summed E-state index contributed by atoms with van der Waals surface area (Å²) in [5.74, 6) is -8.49. The van der Waals surface area contributed by atoms with Crippen LogP contribution in [-0.2, 0) is 75.5 Å². The molecule has 2 aromatic rings. The van der Waals surface area contributed by atoms with Crippen LogP contribution in [0.3, 0.4) is 0 Å². The number of allylic oxidation sites excluding steroid dienone is 1. The fourth-order valence-corrected chi connectivity index (χ4v) is 16.9. The van der Waals surface area contributed by atoms with E-state index in [1.807, 2.05) is 27.2 Å². The number of phosphoric ester groups is 1. The number of alkyl carbamates (subject to hydrolysis) is 1. The maximum atomic E-state index is 15.7. The number of hydrogen-bond acceptors (Lipinski definition) is 21. The number of aliphatic hydroxyl groups excluding tert-OH is 2. The monoisotopic (exact) mass is 1590 g/mol. The SMILES string of the molecule is CCCCCCCCCCCCC/C=C/[C@@H](OC(=O)CCC(=O)O[C@@H](C(=O)O[C@H]1C[C@@]2(O)[C@@H](OC(=O)c3ccccc3)[C@@H]3[C@]4(OC(C)=O)CO[C@@H]4C[C@H](O)[C@@]3(C)C(=O)[C@H](O)C(=C1C)C2(C)C)[C@@H](NC(=O)OC(C)(C)C)c1ccccc1)[C@H](COP(=O)(O)OCC[N+](C)(C)C)NC(=O)CCCCCCCCCCCCCCC. The van der Waals surface area contributed by atoms with Crippen molar-refractivity contribution >= 4 is 55.5 Å². The molecule has 112 heavy (non-hydrogen) atoms. The largest absolute Gasteiger partial charge is 0.472 e. The molecule has 2 saturated carbocycles. The maximum Gasteiger partial charge on any atom is 0.472 e. The minimum Gasteiger partial charge on any atom is -0.456 e. The summed E-state index contributed by atoms with van der Waals surface area (Å²) < 4.78 is 68.0. The first kappa shape index (κ1) is 94.4. The summed E-state index contributed by atoms with van der Waals surface area (Å²) >= 11 is 0. The van der Waals surface area contributed by atoms with Crippen LogP contribution in [0.2, 0.25) is 0 Å². The Bertz CT molecular complexity index is 3450. The van der Waals surface area contributed by atoms with Crippen molar-refractivity contribution in [3.05, 3.63) is 95.1 Å². The molecule has 0 spiro atoms. The number of phosphoric acid groups is 1. The summed E-state index contributed by atoms with van der Waals surface area (Å²) in [5, 5.41) is 44.7. The fourth-order valence-electron chi connectivity index (χ4n) is 16.1. The van der Waals surface area contributed by atoms with Crippen LogP contribution in [0.25, 0.3) is 0 Å². The van der Waals surface area contributed by atoms with Crippen molar-refractivity contribution in [1.29, 1.82) is 0 Å². The zero-order valence-corrected chi connectivity index (χ0v) is 70.2. The number of nitrogens with zero attached hydrogens (tertiary/aromatic N) is 1. The number of ketones is 1. The number of carbonyl (C=O) groups is 8. The van der Waals surface area contributed by atoms with Gasteiger partial charge < -0.3 is 68.5 Å². The second-order valence-electron chi connectivity index (χ2n) is 34.0. The molecule has 26 heteroatoms. The molecule has 3 aliphatic carbocycles. The van der Waals surface area contributed by atoms with Crippen molar-refractivity contribution in [2.24, 2.45) is 16.7 Å². The number of benzene rings is 2. The first-order valence-corrected chi connectivity index (χ1v) is 42.9. The molecule has 1 aliphatic heterocycles. The van der Waals surface area contributed by atoms with Crippen LogP contribution in [0.4, 0.5) is 4.79 Å². The van der Waals surface area contributed by atoms with Gasteiger partial charge in [-0.25, -0.2) is 18.9 Å². The minimum absolute atomic E-state index is 0.00840. The lowest BCUT2D eigenvalue weighted by molar-refractivity contribution is -0.870. The molecule has 0 radical (unpaired) electrons. The van der Waals surface area contributed by atoms with Gasteiger partial charge in [0.15, 0.2) is 11.4 Å². The molecular formula is C86H135N3O22P+. The van der Waals surface area contributed by atoms with Gasteiger partial charge in [0.05, 0.1) is 76.2 Å². The van der Waals surface area contributed by atoms with Crippen LogP contribution in [0.5, 0.6) is 0 Å². The Kier molecular flexibility index (Phi) is 37.6. The number of Topliss-reactive ketones (excluding diaryl/α,β-unsaturated/α-hetero) is 1. The van der Waals surface area contributed by atoms with Crippen molar-refractivity contribution in [2.75, 3.05) is 47.5 Å². The average Bonchev–Trinajstić information content (AvgIpc) is 0.670. The molecule has 1 heterocycles. The Morgan fingerprint density at radius 3 is 1.75 bits per heavy atom. The molecular weight excluding hydrogens is 1460 g/mol. The lowest BCUT2D eigenvalue weighted by atomic mass is 9.44. The molecule has 3 fully saturated rings. The number of quaternary nitrogens is 1. The second-order valence-corrected chi connectivity index (χ2v) is 35.5. The van der Waals surface area contributed by atoms with Crippen LogP contribution in [0.15, 0.2) is 84.0 Å². The average molecular weight is 1590 g/mol. The number of hydrogen-bond donors (Lipinski definition) is 6. The molecule has 630 valence electrons. The van der Waals surface area contributed by atoms with E-state index in [0.717, 1.165) is 71.1 Å². The van der Waals surface area contributed by atoms with Gasteiger partial charge in [0.1, 0.15) is 60.9 Å². The highest BCUT2D eigenvalue weighted by Gasteiger charge is 2.78. The predicted molar refractivity (Wildman–Crippen MR) is 424 cm³/mol. The van der Waals surface area contributed by atoms with Crippen LogP contribution in [0, 0.1) is 16.7 Å². The fraction of sp³-hybridized carbons (Fsp3) is 0.721. The number of nitrogens with one attached hydrogen (secondary N) is 2. The lowest BCUT2D eigenvalue weighted by Crippen LogP contribution is -2.81. The van der Waals surface area contributed by atoms with Crippen LogP contribution in [-0.4, -0.2) is 185 Å². The van der Waals surface area contributed by atoms with Gasteiger partial charge in [-0.05, 0) is 88.8 Å². The van der Waals surface area contributed by atoms with E-state index in [1.54, 1.807) is 63.2 Å². The molecule has 2 amide bonds. The molecule has 25 nitrogen and oxygen atoms in total. The minimum atomic E-state index is -4.78. The highest BCUT2D eigenvalue weighted by molar-refractivity contribution is 7.47. The van der Waals surface area contributed by atoms with Crippen molar-refractivity contribution in [3.8, 4) is 0 Å². The molecule has 4 aliphatic rings. The summed E-state index contributed by atoms with van der Waals surface area (Å²) in [7, 11) is 0.880. The number of amides is 2. The number of fused-ring (bicyclic) bond motifs is 5. The van der Waals surface area contributed by atoms with Gasteiger partial charge in [-0.1, -0.05) is 224 Å². The van der Waals surface area contributed by atoms with E-state index in [2.05, 4.69) is 24.5 Å². The van der Waals surface area contributed by atoms with E-state index < -0.39 is 170 Å². The predicted octanol–water partition coefficient (Wildman–Crippen LogP) is 14.6. The molecule has 14 atom stereocenters. The lowest BCUT2D eigenvalue weighted by Gasteiger charge is -2.67. The Labute approximate surface area is 665 Å². The third-order valence-corrected chi connectivity index (χ3v) is 23.6. The second kappa shape index (κ2) is 44.6. The standard InChI is InChI=1S/C86H134N3O22P/c1-14-16-18-20-22-24-26-28-30-32-34-36-44-50-65(64(58-105-112(101,102)104-55-54-89(11,12)13)87-69(92)51-45-37-35-33-31-29-27-25-23-21-19-17-15-2)106-70(93)52-53-71(94)108-75(73(62-46-40-38-41-47-62)88-81(99)111-82(5,6)7)80(98)107-66-57-86(100)78(109-79(97)63-48-42-39-43-49-63)76-84(10,77(96)74(95)72(60(66)3)83(86,8)9)67(91)56-68-85(76,59-103-68)110-61(4)90/h38-44,46-50,64-68,73-76,78,91,95,100H,14-37,45,51-59H2,1-13H3,(H2-,87,88,92,99,101,102)/p+1/b50-44+/t64-,65+,66-,67-,68+,73-,74+,75+,76-,78-,84+,85-,86+/m0/s1. The molecule has 6 rings (SSSR count). The number of ether oxygens (including phenoxy) is 7. The van der Waals surface area contributed by atoms with E-state index in [9.17, 15) is 53.5 Å². The van der Waals surface area contributed by atoms with Gasteiger partial charge in [0.2, 0.25) is 12.0 Å². The quantitative estimate of drug-likeness (QED) is 0.00895. The molecule has 0 aromatic heterocycles.